The number of amides is 1. The van der Waals surface area contributed by atoms with E-state index in [1.165, 1.54) is 17.0 Å². The minimum absolute atomic E-state index is 0.0447. The third kappa shape index (κ3) is 1.82. The third-order valence-electron chi connectivity index (χ3n) is 2.47. The molecule has 0 bridgehead atoms. The molecule has 1 aliphatic rings. The van der Waals surface area contributed by atoms with E-state index >= 15 is 0 Å². The lowest BCUT2D eigenvalue weighted by molar-refractivity contribution is -0.268. The Kier molecular flexibility index (Phi) is 2.48. The van der Waals surface area contributed by atoms with Crippen molar-refractivity contribution in [2.24, 2.45) is 4.99 Å². The molecule has 1 aliphatic heterocycles. The first kappa shape index (κ1) is 10.4. The van der Waals surface area contributed by atoms with Gasteiger partial charge in [-0.3, -0.25) is 9.69 Å². The maximum absolute atomic E-state index is 11.7. The van der Waals surface area contributed by atoms with Crippen LogP contribution in [0.3, 0.4) is 0 Å². The van der Waals surface area contributed by atoms with Gasteiger partial charge in [-0.25, -0.2) is 4.99 Å². The summed E-state index contributed by atoms with van der Waals surface area (Å²) in [5.74, 6) is 0.511. The molecular weight excluding hydrogens is 204 g/mol. The van der Waals surface area contributed by atoms with E-state index in [0.29, 0.717) is 11.5 Å². The fraction of sp³-hybridized carbons (Fsp3) is 0.167. The summed E-state index contributed by atoms with van der Waals surface area (Å²) in [7, 11) is 1.68. The van der Waals surface area contributed by atoms with Crippen LogP contribution in [-0.4, -0.2) is 23.7 Å². The van der Waals surface area contributed by atoms with Gasteiger partial charge in [0.15, 0.2) is 0 Å². The molecule has 1 heterocycles. The van der Waals surface area contributed by atoms with Crippen LogP contribution in [0.15, 0.2) is 35.0 Å². The van der Waals surface area contributed by atoms with Crippen LogP contribution in [0.5, 0.6) is 5.75 Å². The molecule has 16 heavy (non-hydrogen) atoms. The molecule has 1 amide bonds. The molecule has 1 aromatic rings. The second kappa shape index (κ2) is 3.81. The normalized spacial score (nSPS) is 18.1. The van der Waals surface area contributed by atoms with Crippen molar-refractivity contribution in [2.75, 3.05) is 7.05 Å². The van der Waals surface area contributed by atoms with Gasteiger partial charge in [0.1, 0.15) is 11.5 Å². The van der Waals surface area contributed by atoms with E-state index in [1.54, 1.807) is 32.2 Å². The summed E-state index contributed by atoms with van der Waals surface area (Å²) in [6, 6.07) is 6.27. The lowest BCUT2D eigenvalue weighted by atomic mass is 10.2. The van der Waals surface area contributed by atoms with E-state index in [4.69, 9.17) is 0 Å². The average molecular weight is 215 g/mol. The maximum atomic E-state index is 11.7. The Morgan fingerprint density at radius 1 is 1.31 bits per heavy atom. The first-order valence-corrected chi connectivity index (χ1v) is 4.90. The molecule has 2 rings (SSSR count). The molecule has 0 fully saturated rings. The van der Waals surface area contributed by atoms with Gasteiger partial charge in [0.05, 0.1) is 0 Å². The highest BCUT2D eigenvalue weighted by Crippen LogP contribution is 2.17. The molecule has 0 spiro atoms. The van der Waals surface area contributed by atoms with Crippen LogP contribution < -0.4 is 5.11 Å². The van der Waals surface area contributed by atoms with Crippen LogP contribution in [-0.2, 0) is 4.79 Å². The highest BCUT2D eigenvalue weighted by atomic mass is 16.3. The fourth-order valence-corrected chi connectivity index (χ4v) is 1.43. The molecule has 4 nitrogen and oxygen atoms in total. The van der Waals surface area contributed by atoms with E-state index in [2.05, 4.69) is 4.99 Å². The summed E-state index contributed by atoms with van der Waals surface area (Å²) < 4.78 is 0. The predicted molar refractivity (Wildman–Crippen MR) is 59.7 cm³/mol. The van der Waals surface area contributed by atoms with E-state index in [1.807, 2.05) is 0 Å². The largest absolute Gasteiger partial charge is 0.872 e. The number of likely N-dealkylation sites (N-methyl/N-ethyl adjacent to an activating group) is 1. The maximum Gasteiger partial charge on any atom is 0.277 e. The smallest absolute Gasteiger partial charge is 0.277 e. The van der Waals surface area contributed by atoms with Crippen LogP contribution in [0.1, 0.15) is 12.5 Å². The van der Waals surface area contributed by atoms with Gasteiger partial charge in [0.25, 0.3) is 5.91 Å². The summed E-state index contributed by atoms with van der Waals surface area (Å²) in [5, 5.41) is 10.9. The monoisotopic (exact) mass is 215 g/mol. The zero-order chi connectivity index (χ0) is 11.7. The standard InChI is InChI=1S/C12H12N2O2/c1-8-13-11(12(16)14(8)2)7-9-3-5-10(15)6-4-9/h3-7,15H,1-2H3/p-1/b11-7+. The van der Waals surface area contributed by atoms with E-state index in [0.717, 1.165) is 5.56 Å². The number of hydrogen-bond donors (Lipinski definition) is 0. The lowest BCUT2D eigenvalue weighted by Gasteiger charge is -2.06. The minimum Gasteiger partial charge on any atom is -0.872 e. The number of amidine groups is 1. The minimum atomic E-state index is -0.122. The molecule has 0 aliphatic carbocycles. The Morgan fingerprint density at radius 2 is 1.94 bits per heavy atom. The summed E-state index contributed by atoms with van der Waals surface area (Å²) in [5.41, 5.74) is 1.20. The zero-order valence-electron chi connectivity index (χ0n) is 9.10. The van der Waals surface area contributed by atoms with Crippen LogP contribution in [0.25, 0.3) is 6.08 Å². The second-order valence-electron chi connectivity index (χ2n) is 3.62. The van der Waals surface area contributed by atoms with E-state index < -0.39 is 0 Å². The number of aliphatic imine (C=N–C) groups is 1. The van der Waals surface area contributed by atoms with Crippen molar-refractivity contribution >= 4 is 17.8 Å². The molecule has 0 N–H and O–H groups in total. The van der Waals surface area contributed by atoms with Gasteiger partial charge in [-0.15, -0.1) is 5.75 Å². The molecule has 0 atom stereocenters. The molecule has 0 radical (unpaired) electrons. The van der Waals surface area contributed by atoms with Gasteiger partial charge in [-0.2, -0.15) is 0 Å². The lowest BCUT2D eigenvalue weighted by Crippen LogP contribution is -2.25. The van der Waals surface area contributed by atoms with Crippen molar-refractivity contribution in [3.8, 4) is 5.75 Å². The zero-order valence-corrected chi connectivity index (χ0v) is 9.10. The van der Waals surface area contributed by atoms with Gasteiger partial charge < -0.3 is 5.11 Å². The number of hydrogen-bond acceptors (Lipinski definition) is 3. The topological polar surface area (TPSA) is 55.7 Å². The third-order valence-corrected chi connectivity index (χ3v) is 2.47. The Bertz CT molecular complexity index is 486. The molecule has 0 aromatic heterocycles. The summed E-state index contributed by atoms with van der Waals surface area (Å²) in [6.45, 7) is 1.78. The Morgan fingerprint density at radius 3 is 2.44 bits per heavy atom. The molecule has 0 saturated carbocycles. The second-order valence-corrected chi connectivity index (χ2v) is 3.62. The van der Waals surface area contributed by atoms with Crippen molar-refractivity contribution in [2.45, 2.75) is 6.92 Å². The molecule has 82 valence electrons. The SMILES string of the molecule is CC1=N/C(=C/c2ccc([O-])cc2)C(=O)N1C. The van der Waals surface area contributed by atoms with Crippen molar-refractivity contribution in [1.82, 2.24) is 4.90 Å². The average Bonchev–Trinajstić information content (AvgIpc) is 2.50. The summed E-state index contributed by atoms with van der Waals surface area (Å²) in [4.78, 5) is 17.3. The van der Waals surface area contributed by atoms with Crippen LogP contribution >= 0.6 is 0 Å². The summed E-state index contributed by atoms with van der Waals surface area (Å²) >= 11 is 0. The molecule has 0 unspecified atom stereocenters. The Labute approximate surface area is 93.5 Å². The van der Waals surface area contributed by atoms with Crippen molar-refractivity contribution < 1.29 is 9.90 Å². The predicted octanol–water partition coefficient (Wildman–Crippen LogP) is 0.991. The highest BCUT2D eigenvalue weighted by Gasteiger charge is 2.23. The fourth-order valence-electron chi connectivity index (χ4n) is 1.43. The molecular formula is C12H11N2O2-. The number of nitrogens with zero attached hydrogens (tertiary/aromatic N) is 2. The van der Waals surface area contributed by atoms with E-state index in [-0.39, 0.29) is 11.7 Å². The van der Waals surface area contributed by atoms with Gasteiger partial charge in [0, 0.05) is 7.05 Å². The molecule has 4 heteroatoms. The van der Waals surface area contributed by atoms with Crippen molar-refractivity contribution in [3.63, 3.8) is 0 Å². The van der Waals surface area contributed by atoms with Gasteiger partial charge in [0.2, 0.25) is 0 Å². The Balaban J connectivity index is 2.32. The van der Waals surface area contributed by atoms with Crippen molar-refractivity contribution in [3.05, 3.63) is 35.5 Å². The van der Waals surface area contributed by atoms with Gasteiger partial charge in [-0.05, 0) is 18.6 Å². The number of carbonyl (C=O) groups is 1. The van der Waals surface area contributed by atoms with Crippen molar-refractivity contribution in [1.29, 1.82) is 0 Å². The molecule has 1 aromatic carbocycles. The first-order valence-electron chi connectivity index (χ1n) is 4.90. The molecule has 0 saturated heterocycles. The number of benzene rings is 1. The number of rotatable bonds is 1. The van der Waals surface area contributed by atoms with Crippen LogP contribution in [0, 0.1) is 0 Å². The van der Waals surface area contributed by atoms with Gasteiger partial charge >= 0.3 is 0 Å². The van der Waals surface area contributed by atoms with E-state index in [9.17, 15) is 9.90 Å². The first-order chi connectivity index (χ1) is 7.58. The highest BCUT2D eigenvalue weighted by molar-refractivity contribution is 6.13. The van der Waals surface area contributed by atoms with Crippen LogP contribution in [0.2, 0.25) is 0 Å². The van der Waals surface area contributed by atoms with Gasteiger partial charge in [-0.1, -0.05) is 24.3 Å². The Hall–Kier alpha value is -2.10. The quantitative estimate of drug-likeness (QED) is 0.656. The summed E-state index contributed by atoms with van der Waals surface area (Å²) in [6.07, 6.45) is 1.68. The number of carbonyl (C=O) groups excluding carboxylic acids is 1. The van der Waals surface area contributed by atoms with Crippen LogP contribution in [0.4, 0.5) is 0 Å².